The Kier molecular flexibility index (Phi) is 6.96. The highest BCUT2D eigenvalue weighted by molar-refractivity contribution is 5.82. The zero-order valence-corrected chi connectivity index (χ0v) is 16.0. The van der Waals surface area contributed by atoms with Crippen molar-refractivity contribution < 1.29 is 9.53 Å². The van der Waals surface area contributed by atoms with E-state index in [4.69, 9.17) is 4.74 Å². The highest BCUT2D eigenvalue weighted by Crippen LogP contribution is 2.14. The summed E-state index contributed by atoms with van der Waals surface area (Å²) in [5.74, 6) is 0.659. The molecular formula is C24H24N2O2. The maximum absolute atomic E-state index is 11.9. The van der Waals surface area contributed by atoms with E-state index in [1.54, 1.807) is 6.21 Å². The third-order valence-electron chi connectivity index (χ3n) is 4.27. The molecule has 0 fully saturated rings. The number of carbonyl (C=O) groups excluding carboxylic acids is 1. The van der Waals surface area contributed by atoms with Crippen LogP contribution in [0.1, 0.15) is 28.7 Å². The van der Waals surface area contributed by atoms with Crippen molar-refractivity contribution in [3.63, 3.8) is 0 Å². The van der Waals surface area contributed by atoms with Crippen LogP contribution in [-0.2, 0) is 17.8 Å². The van der Waals surface area contributed by atoms with Crippen molar-refractivity contribution in [3.05, 3.63) is 101 Å². The van der Waals surface area contributed by atoms with Crippen LogP contribution < -0.4 is 10.2 Å². The molecule has 0 aliphatic carbocycles. The first-order valence-corrected chi connectivity index (χ1v) is 9.33. The van der Waals surface area contributed by atoms with Gasteiger partial charge in [-0.25, -0.2) is 5.43 Å². The molecule has 0 bridgehead atoms. The fourth-order valence-electron chi connectivity index (χ4n) is 2.67. The standard InChI is InChI=1S/C24H24N2O2/c1-19-10-12-21(13-11-19)18-28-23-9-5-8-22(16-23)17-25-26-24(27)15-14-20-6-3-2-4-7-20/h2-13,16-17H,14-15,18H2,1H3,(H,26,27)/b25-17-. The van der Waals surface area contributed by atoms with Gasteiger partial charge in [0.2, 0.25) is 5.91 Å². The molecule has 0 spiro atoms. The molecule has 142 valence electrons. The molecule has 3 aromatic carbocycles. The normalized spacial score (nSPS) is 10.8. The van der Waals surface area contributed by atoms with Gasteiger partial charge in [-0.2, -0.15) is 5.10 Å². The van der Waals surface area contributed by atoms with Crippen molar-refractivity contribution in [1.29, 1.82) is 0 Å². The van der Waals surface area contributed by atoms with Gasteiger partial charge in [0, 0.05) is 6.42 Å². The van der Waals surface area contributed by atoms with E-state index in [-0.39, 0.29) is 5.91 Å². The number of hydrogen-bond donors (Lipinski definition) is 1. The molecule has 3 aromatic rings. The average molecular weight is 372 g/mol. The molecule has 0 radical (unpaired) electrons. The van der Waals surface area contributed by atoms with Crippen LogP contribution in [0.15, 0.2) is 84.0 Å². The number of aryl methyl sites for hydroxylation is 2. The summed E-state index contributed by atoms with van der Waals surface area (Å²) in [6.45, 7) is 2.57. The maximum Gasteiger partial charge on any atom is 0.240 e. The number of nitrogens with one attached hydrogen (secondary N) is 1. The molecule has 0 heterocycles. The molecule has 1 amide bonds. The summed E-state index contributed by atoms with van der Waals surface area (Å²) in [5, 5.41) is 4.04. The molecule has 4 nitrogen and oxygen atoms in total. The van der Waals surface area contributed by atoms with Crippen molar-refractivity contribution in [2.24, 2.45) is 5.10 Å². The minimum atomic E-state index is -0.105. The van der Waals surface area contributed by atoms with E-state index in [1.807, 2.05) is 54.6 Å². The zero-order valence-electron chi connectivity index (χ0n) is 16.0. The summed E-state index contributed by atoms with van der Waals surface area (Å²) in [7, 11) is 0. The van der Waals surface area contributed by atoms with Crippen LogP contribution in [0.25, 0.3) is 0 Å². The van der Waals surface area contributed by atoms with E-state index in [2.05, 4.69) is 41.7 Å². The SMILES string of the molecule is Cc1ccc(COc2cccc(/C=N\NC(=O)CCc3ccccc3)c2)cc1. The highest BCUT2D eigenvalue weighted by Gasteiger charge is 2.01. The van der Waals surface area contributed by atoms with Crippen molar-refractivity contribution in [2.45, 2.75) is 26.4 Å². The first kappa shape index (κ1) is 19.4. The molecule has 0 atom stereocenters. The number of hydrogen-bond acceptors (Lipinski definition) is 3. The highest BCUT2D eigenvalue weighted by atomic mass is 16.5. The lowest BCUT2D eigenvalue weighted by molar-refractivity contribution is -0.121. The van der Waals surface area contributed by atoms with Crippen LogP contribution in [0.3, 0.4) is 0 Å². The lowest BCUT2D eigenvalue weighted by Crippen LogP contribution is -2.17. The number of nitrogens with zero attached hydrogens (tertiary/aromatic N) is 1. The van der Waals surface area contributed by atoms with Gasteiger partial charge in [-0.1, -0.05) is 72.3 Å². The van der Waals surface area contributed by atoms with Gasteiger partial charge in [-0.3, -0.25) is 4.79 Å². The van der Waals surface area contributed by atoms with Gasteiger partial charge in [0.1, 0.15) is 12.4 Å². The lowest BCUT2D eigenvalue weighted by Gasteiger charge is -2.07. The summed E-state index contributed by atoms with van der Waals surface area (Å²) in [4.78, 5) is 11.9. The molecule has 0 aliphatic heterocycles. The van der Waals surface area contributed by atoms with Crippen LogP contribution >= 0.6 is 0 Å². The third-order valence-corrected chi connectivity index (χ3v) is 4.27. The Morgan fingerprint density at radius 1 is 0.964 bits per heavy atom. The molecule has 0 unspecified atom stereocenters. The summed E-state index contributed by atoms with van der Waals surface area (Å²) in [5.41, 5.74) is 6.93. The van der Waals surface area contributed by atoms with Crippen molar-refractivity contribution in [2.75, 3.05) is 0 Å². The Hall–Kier alpha value is -3.40. The van der Waals surface area contributed by atoms with Crippen molar-refractivity contribution in [3.8, 4) is 5.75 Å². The van der Waals surface area contributed by atoms with Crippen molar-refractivity contribution in [1.82, 2.24) is 5.43 Å². The van der Waals surface area contributed by atoms with E-state index < -0.39 is 0 Å². The molecular weight excluding hydrogens is 348 g/mol. The predicted molar refractivity (Wildman–Crippen MR) is 112 cm³/mol. The number of rotatable bonds is 8. The zero-order chi connectivity index (χ0) is 19.6. The van der Waals surface area contributed by atoms with Crippen LogP contribution in [0.5, 0.6) is 5.75 Å². The van der Waals surface area contributed by atoms with Gasteiger partial charge < -0.3 is 4.74 Å². The summed E-state index contributed by atoms with van der Waals surface area (Å²) < 4.78 is 5.84. The van der Waals surface area contributed by atoms with Gasteiger partial charge >= 0.3 is 0 Å². The van der Waals surface area contributed by atoms with Gasteiger partial charge in [0.15, 0.2) is 0 Å². The summed E-state index contributed by atoms with van der Waals surface area (Å²) in [6, 6.07) is 25.8. The van der Waals surface area contributed by atoms with Crippen LogP contribution in [-0.4, -0.2) is 12.1 Å². The Balaban J connectivity index is 1.46. The monoisotopic (exact) mass is 372 g/mol. The Bertz CT molecular complexity index is 919. The second kappa shape index (κ2) is 10.1. The lowest BCUT2D eigenvalue weighted by atomic mass is 10.1. The third kappa shape index (κ3) is 6.40. The minimum absolute atomic E-state index is 0.105. The van der Waals surface area contributed by atoms with Gasteiger partial charge in [0.05, 0.1) is 6.21 Å². The number of carbonyl (C=O) groups is 1. The molecule has 3 rings (SSSR count). The molecule has 28 heavy (non-hydrogen) atoms. The van der Waals surface area contributed by atoms with Gasteiger partial charge in [-0.05, 0) is 42.2 Å². The van der Waals surface area contributed by atoms with E-state index in [9.17, 15) is 4.79 Å². The first-order valence-electron chi connectivity index (χ1n) is 9.33. The Morgan fingerprint density at radius 3 is 2.54 bits per heavy atom. The topological polar surface area (TPSA) is 50.7 Å². The summed E-state index contributed by atoms with van der Waals surface area (Å²) >= 11 is 0. The number of amides is 1. The summed E-state index contributed by atoms with van der Waals surface area (Å²) in [6.07, 6.45) is 2.73. The maximum atomic E-state index is 11.9. The number of hydrazone groups is 1. The second-order valence-corrected chi connectivity index (χ2v) is 6.63. The van der Waals surface area contributed by atoms with E-state index in [1.165, 1.54) is 5.56 Å². The predicted octanol–water partition coefficient (Wildman–Crippen LogP) is 4.66. The molecule has 0 saturated heterocycles. The molecule has 0 aromatic heterocycles. The largest absolute Gasteiger partial charge is 0.489 e. The first-order chi connectivity index (χ1) is 13.7. The second-order valence-electron chi connectivity index (χ2n) is 6.63. The minimum Gasteiger partial charge on any atom is -0.489 e. The van der Waals surface area contributed by atoms with Crippen LogP contribution in [0.4, 0.5) is 0 Å². The molecule has 0 saturated carbocycles. The quantitative estimate of drug-likeness (QED) is 0.462. The average Bonchev–Trinajstić information content (AvgIpc) is 2.73. The smallest absolute Gasteiger partial charge is 0.240 e. The fraction of sp³-hybridized carbons (Fsp3) is 0.167. The van der Waals surface area contributed by atoms with E-state index in [0.29, 0.717) is 19.4 Å². The van der Waals surface area contributed by atoms with E-state index in [0.717, 1.165) is 22.4 Å². The van der Waals surface area contributed by atoms with Gasteiger partial charge in [0.25, 0.3) is 0 Å². The van der Waals surface area contributed by atoms with E-state index >= 15 is 0 Å². The number of ether oxygens (including phenoxy) is 1. The Morgan fingerprint density at radius 2 is 1.75 bits per heavy atom. The number of benzene rings is 3. The van der Waals surface area contributed by atoms with Crippen LogP contribution in [0.2, 0.25) is 0 Å². The molecule has 4 heteroatoms. The fourth-order valence-corrected chi connectivity index (χ4v) is 2.67. The van der Waals surface area contributed by atoms with Gasteiger partial charge in [-0.15, -0.1) is 0 Å². The van der Waals surface area contributed by atoms with Crippen LogP contribution in [0, 0.1) is 6.92 Å². The molecule has 0 aliphatic rings. The molecule has 1 N–H and O–H groups in total. The van der Waals surface area contributed by atoms with Crippen molar-refractivity contribution >= 4 is 12.1 Å². The Labute approximate surface area is 165 Å².